The fourth-order valence-electron chi connectivity index (χ4n) is 2.59. The number of hydrazone groups is 1. The van der Waals surface area contributed by atoms with Crippen LogP contribution in [0.1, 0.15) is 38.5 Å². The average molecular weight is 355 g/mol. The summed E-state index contributed by atoms with van der Waals surface area (Å²) in [5.74, 6) is -1.30. The minimum Gasteiger partial charge on any atom is -0.271 e. The smallest absolute Gasteiger partial charge is 0.260 e. The maximum absolute atomic E-state index is 13.9. The van der Waals surface area contributed by atoms with E-state index in [1.807, 2.05) is 0 Å². The molecule has 0 spiro atoms. The third-order valence-electron chi connectivity index (χ3n) is 3.83. The molecule has 1 aliphatic carbocycles. The summed E-state index contributed by atoms with van der Waals surface area (Å²) < 4.78 is 38.4. The van der Waals surface area contributed by atoms with Gasteiger partial charge >= 0.3 is 0 Å². The molecule has 0 bridgehead atoms. The van der Waals surface area contributed by atoms with Gasteiger partial charge < -0.3 is 0 Å². The van der Waals surface area contributed by atoms with Crippen LogP contribution < -0.4 is 9.73 Å². The van der Waals surface area contributed by atoms with Crippen LogP contribution in [0.2, 0.25) is 0 Å². The maximum Gasteiger partial charge on any atom is 0.260 e. The Hall–Kier alpha value is -1.96. The highest BCUT2D eigenvalue weighted by Gasteiger charge is 2.23. The molecule has 0 saturated heterocycles. The standard InChI is InChI=1S/C16H22FN3O3S/c1-24(22,23)20(15-11-7-6-10-14(15)17)12-16(21)19-18-13-8-4-2-3-5-9-13/h6-7,10-11H,2-5,8-9,12H2,1H3,(H,19,21). The van der Waals surface area contributed by atoms with Crippen LogP contribution in [-0.2, 0) is 14.8 Å². The first kappa shape index (κ1) is 18.4. The zero-order chi connectivity index (χ0) is 17.6. The number of sulfonamides is 1. The van der Waals surface area contributed by atoms with E-state index in [0.717, 1.165) is 60.9 Å². The Balaban J connectivity index is 2.08. The summed E-state index contributed by atoms with van der Waals surface area (Å²) in [4.78, 5) is 12.1. The minimum absolute atomic E-state index is 0.155. The van der Waals surface area contributed by atoms with E-state index >= 15 is 0 Å². The number of carbonyl (C=O) groups is 1. The molecule has 0 atom stereocenters. The fraction of sp³-hybridized carbons (Fsp3) is 0.500. The van der Waals surface area contributed by atoms with Gasteiger partial charge in [0.2, 0.25) is 10.0 Å². The molecule has 0 unspecified atom stereocenters. The summed E-state index contributed by atoms with van der Waals surface area (Å²) in [7, 11) is -3.80. The molecule has 8 heteroatoms. The highest BCUT2D eigenvalue weighted by Crippen LogP contribution is 2.21. The Morgan fingerprint density at radius 1 is 1.21 bits per heavy atom. The molecule has 1 fully saturated rings. The molecule has 24 heavy (non-hydrogen) atoms. The lowest BCUT2D eigenvalue weighted by Gasteiger charge is -2.21. The number of hydrogen-bond acceptors (Lipinski definition) is 4. The van der Waals surface area contributed by atoms with Gasteiger partial charge in [0.05, 0.1) is 11.9 Å². The summed E-state index contributed by atoms with van der Waals surface area (Å²) in [6, 6.07) is 5.44. The van der Waals surface area contributed by atoms with E-state index in [2.05, 4.69) is 10.5 Å². The predicted molar refractivity (Wildman–Crippen MR) is 91.9 cm³/mol. The van der Waals surface area contributed by atoms with Crippen molar-refractivity contribution >= 4 is 27.3 Å². The number of hydrogen-bond donors (Lipinski definition) is 1. The van der Waals surface area contributed by atoms with Gasteiger partial charge in [-0.3, -0.25) is 9.10 Å². The number of halogens is 1. The number of nitrogens with one attached hydrogen (secondary N) is 1. The Bertz CT molecular complexity index is 709. The predicted octanol–water partition coefficient (Wildman–Crippen LogP) is 2.42. The van der Waals surface area contributed by atoms with Crippen molar-refractivity contribution in [3.05, 3.63) is 30.1 Å². The lowest BCUT2D eigenvalue weighted by Crippen LogP contribution is -2.39. The zero-order valence-corrected chi connectivity index (χ0v) is 14.5. The molecule has 1 aromatic rings. The van der Waals surface area contributed by atoms with Crippen LogP contribution in [0.3, 0.4) is 0 Å². The molecule has 0 aromatic heterocycles. The van der Waals surface area contributed by atoms with Gasteiger partial charge in [-0.05, 0) is 37.8 Å². The number of benzene rings is 1. The molecule has 1 N–H and O–H groups in total. The molecule has 1 saturated carbocycles. The molecule has 6 nitrogen and oxygen atoms in total. The van der Waals surface area contributed by atoms with E-state index in [-0.39, 0.29) is 5.69 Å². The van der Waals surface area contributed by atoms with Crippen LogP contribution in [0.15, 0.2) is 29.4 Å². The highest BCUT2D eigenvalue weighted by molar-refractivity contribution is 7.92. The van der Waals surface area contributed by atoms with Crippen molar-refractivity contribution in [2.45, 2.75) is 38.5 Å². The molecule has 0 aliphatic heterocycles. The maximum atomic E-state index is 13.9. The van der Waals surface area contributed by atoms with Crippen molar-refractivity contribution < 1.29 is 17.6 Å². The van der Waals surface area contributed by atoms with Crippen LogP contribution >= 0.6 is 0 Å². The summed E-state index contributed by atoms with van der Waals surface area (Å²) >= 11 is 0. The van der Waals surface area contributed by atoms with Gasteiger partial charge in [-0.15, -0.1) is 0 Å². The summed E-state index contributed by atoms with van der Waals surface area (Å²) in [5, 5.41) is 4.10. The first-order chi connectivity index (χ1) is 11.4. The third-order valence-corrected chi connectivity index (χ3v) is 4.95. The van der Waals surface area contributed by atoms with E-state index in [1.54, 1.807) is 0 Å². The van der Waals surface area contributed by atoms with Crippen LogP contribution in [0, 0.1) is 5.82 Å². The lowest BCUT2D eigenvalue weighted by atomic mass is 10.2. The van der Waals surface area contributed by atoms with Gasteiger partial charge in [0, 0.05) is 5.71 Å². The SMILES string of the molecule is CS(=O)(=O)N(CC(=O)NN=C1CCCCCC1)c1ccccc1F. The highest BCUT2D eigenvalue weighted by atomic mass is 32.2. The number of para-hydroxylation sites is 1. The molecule has 0 radical (unpaired) electrons. The second kappa shape index (κ2) is 8.23. The average Bonchev–Trinajstić information content (AvgIpc) is 2.79. The van der Waals surface area contributed by atoms with Gasteiger partial charge in [0.15, 0.2) is 0 Å². The molecule has 0 heterocycles. The van der Waals surface area contributed by atoms with Gasteiger partial charge in [-0.25, -0.2) is 18.2 Å². The van der Waals surface area contributed by atoms with Gasteiger partial charge in [-0.2, -0.15) is 5.10 Å². The Morgan fingerprint density at radius 2 is 1.83 bits per heavy atom. The van der Waals surface area contributed by atoms with Crippen molar-refractivity contribution in [2.24, 2.45) is 5.10 Å². The fourth-order valence-corrected chi connectivity index (χ4v) is 3.45. The molecule has 2 rings (SSSR count). The molecule has 1 amide bonds. The second-order valence-electron chi connectivity index (χ2n) is 5.85. The minimum atomic E-state index is -3.80. The van der Waals surface area contributed by atoms with Crippen molar-refractivity contribution in [3.63, 3.8) is 0 Å². The molecular weight excluding hydrogens is 333 g/mol. The van der Waals surface area contributed by atoms with Gasteiger partial charge in [0.1, 0.15) is 12.4 Å². The van der Waals surface area contributed by atoms with Crippen LogP contribution in [0.5, 0.6) is 0 Å². The Morgan fingerprint density at radius 3 is 2.42 bits per heavy atom. The Kier molecular flexibility index (Phi) is 6.30. The molecular formula is C16H22FN3O3S. The van der Waals surface area contributed by atoms with Crippen molar-refractivity contribution in [1.82, 2.24) is 5.43 Å². The monoisotopic (exact) mass is 355 g/mol. The summed E-state index contributed by atoms with van der Waals surface area (Å²) in [6.07, 6.45) is 7.00. The van der Waals surface area contributed by atoms with Crippen molar-refractivity contribution in [2.75, 3.05) is 17.1 Å². The zero-order valence-electron chi connectivity index (χ0n) is 13.7. The van der Waals surface area contributed by atoms with E-state index in [1.165, 1.54) is 18.2 Å². The molecule has 132 valence electrons. The number of anilines is 1. The van der Waals surface area contributed by atoms with Crippen molar-refractivity contribution in [3.8, 4) is 0 Å². The Labute approximate surface area is 141 Å². The van der Waals surface area contributed by atoms with Crippen molar-refractivity contribution in [1.29, 1.82) is 0 Å². The molecule has 1 aliphatic rings. The summed E-state index contributed by atoms with van der Waals surface area (Å²) in [5.41, 5.74) is 3.15. The molecule has 1 aromatic carbocycles. The topological polar surface area (TPSA) is 78.8 Å². The van der Waals surface area contributed by atoms with Crippen LogP contribution in [0.4, 0.5) is 10.1 Å². The normalized spacial score (nSPS) is 15.5. The van der Waals surface area contributed by atoms with E-state index in [4.69, 9.17) is 0 Å². The van der Waals surface area contributed by atoms with Crippen LogP contribution in [-0.4, -0.2) is 32.8 Å². The van der Waals surface area contributed by atoms with Gasteiger partial charge in [-0.1, -0.05) is 25.0 Å². The quantitative estimate of drug-likeness (QED) is 0.651. The van der Waals surface area contributed by atoms with E-state index in [0.29, 0.717) is 0 Å². The lowest BCUT2D eigenvalue weighted by molar-refractivity contribution is -0.119. The third kappa shape index (κ3) is 5.30. The van der Waals surface area contributed by atoms with E-state index in [9.17, 15) is 17.6 Å². The second-order valence-corrected chi connectivity index (χ2v) is 7.76. The number of nitrogens with zero attached hydrogens (tertiary/aromatic N) is 2. The first-order valence-electron chi connectivity index (χ1n) is 7.94. The van der Waals surface area contributed by atoms with E-state index < -0.39 is 28.3 Å². The number of carbonyl (C=O) groups excluding carboxylic acids is 1. The first-order valence-corrected chi connectivity index (χ1v) is 9.79. The summed E-state index contributed by atoms with van der Waals surface area (Å²) in [6.45, 7) is -0.517. The largest absolute Gasteiger partial charge is 0.271 e. The number of amides is 1. The number of rotatable bonds is 5. The van der Waals surface area contributed by atoms with Crippen LogP contribution in [0.25, 0.3) is 0 Å². The van der Waals surface area contributed by atoms with Gasteiger partial charge in [0.25, 0.3) is 5.91 Å².